The minimum absolute atomic E-state index is 0.148. The SMILES string of the molecule is CCC(N)C(O)c1ccccc1C1CC1. The molecule has 0 heterocycles. The first-order valence-electron chi connectivity index (χ1n) is 5.76. The molecule has 15 heavy (non-hydrogen) atoms. The zero-order chi connectivity index (χ0) is 10.8. The van der Waals surface area contributed by atoms with Crippen molar-refractivity contribution in [2.45, 2.75) is 44.2 Å². The van der Waals surface area contributed by atoms with Gasteiger partial charge in [0, 0.05) is 6.04 Å². The van der Waals surface area contributed by atoms with Crippen molar-refractivity contribution in [1.29, 1.82) is 0 Å². The molecule has 2 unspecified atom stereocenters. The summed E-state index contributed by atoms with van der Waals surface area (Å²) in [6.45, 7) is 2.01. The normalized spacial score (nSPS) is 19.9. The summed E-state index contributed by atoms with van der Waals surface area (Å²) >= 11 is 0. The van der Waals surface area contributed by atoms with Crippen LogP contribution in [0.4, 0.5) is 0 Å². The minimum atomic E-state index is -0.508. The van der Waals surface area contributed by atoms with Crippen molar-refractivity contribution < 1.29 is 5.11 Å². The van der Waals surface area contributed by atoms with Crippen LogP contribution in [0.5, 0.6) is 0 Å². The molecule has 2 heteroatoms. The first-order valence-corrected chi connectivity index (χ1v) is 5.76. The van der Waals surface area contributed by atoms with Crippen molar-refractivity contribution in [3.05, 3.63) is 35.4 Å². The molecule has 2 nitrogen and oxygen atoms in total. The standard InChI is InChI=1S/C13H19NO/c1-2-12(14)13(15)11-6-4-3-5-10(11)9-7-8-9/h3-6,9,12-13,15H,2,7-8,14H2,1H3. The van der Waals surface area contributed by atoms with Crippen LogP contribution in [0, 0.1) is 0 Å². The fourth-order valence-corrected chi connectivity index (χ4v) is 2.00. The topological polar surface area (TPSA) is 46.2 Å². The van der Waals surface area contributed by atoms with E-state index in [1.807, 2.05) is 25.1 Å². The molecule has 1 aliphatic rings. The largest absolute Gasteiger partial charge is 0.387 e. The fourth-order valence-electron chi connectivity index (χ4n) is 2.00. The van der Waals surface area contributed by atoms with Crippen LogP contribution in [0.25, 0.3) is 0 Å². The summed E-state index contributed by atoms with van der Waals surface area (Å²) in [5, 5.41) is 10.1. The molecule has 0 spiro atoms. The summed E-state index contributed by atoms with van der Waals surface area (Å²) in [7, 11) is 0. The molecular weight excluding hydrogens is 186 g/mol. The second-order valence-electron chi connectivity index (χ2n) is 4.42. The summed E-state index contributed by atoms with van der Waals surface area (Å²) in [5.74, 6) is 0.667. The van der Waals surface area contributed by atoms with Crippen LogP contribution in [0.3, 0.4) is 0 Å². The molecule has 0 aromatic heterocycles. The highest BCUT2D eigenvalue weighted by Crippen LogP contribution is 2.43. The number of benzene rings is 1. The van der Waals surface area contributed by atoms with Gasteiger partial charge in [0.15, 0.2) is 0 Å². The van der Waals surface area contributed by atoms with Gasteiger partial charge in [-0.25, -0.2) is 0 Å². The van der Waals surface area contributed by atoms with Gasteiger partial charge < -0.3 is 10.8 Å². The van der Waals surface area contributed by atoms with Gasteiger partial charge in [-0.2, -0.15) is 0 Å². The predicted octanol–water partition coefficient (Wildman–Crippen LogP) is 2.33. The van der Waals surface area contributed by atoms with Gasteiger partial charge in [-0.1, -0.05) is 31.2 Å². The molecule has 0 radical (unpaired) electrons. The van der Waals surface area contributed by atoms with Crippen LogP contribution >= 0.6 is 0 Å². The van der Waals surface area contributed by atoms with Crippen LogP contribution in [0.15, 0.2) is 24.3 Å². The zero-order valence-corrected chi connectivity index (χ0v) is 9.19. The third-order valence-corrected chi connectivity index (χ3v) is 3.21. The number of hydrogen-bond donors (Lipinski definition) is 2. The monoisotopic (exact) mass is 205 g/mol. The molecule has 2 rings (SSSR count). The van der Waals surface area contributed by atoms with E-state index in [1.54, 1.807) is 0 Å². The Morgan fingerprint density at radius 1 is 1.40 bits per heavy atom. The van der Waals surface area contributed by atoms with Gasteiger partial charge >= 0.3 is 0 Å². The van der Waals surface area contributed by atoms with Gasteiger partial charge in [0.2, 0.25) is 0 Å². The molecule has 0 aliphatic heterocycles. The lowest BCUT2D eigenvalue weighted by Crippen LogP contribution is -2.28. The van der Waals surface area contributed by atoms with Gasteiger partial charge in [0.05, 0.1) is 6.10 Å². The van der Waals surface area contributed by atoms with Crippen molar-refractivity contribution in [1.82, 2.24) is 0 Å². The Morgan fingerprint density at radius 2 is 2.07 bits per heavy atom. The Labute approximate surface area is 91.1 Å². The summed E-state index contributed by atoms with van der Waals surface area (Å²) in [5.41, 5.74) is 8.22. The van der Waals surface area contributed by atoms with E-state index in [2.05, 4.69) is 6.07 Å². The maximum Gasteiger partial charge on any atom is 0.0943 e. The summed E-state index contributed by atoms with van der Waals surface area (Å²) in [6.07, 6.45) is 2.81. The lowest BCUT2D eigenvalue weighted by molar-refractivity contribution is 0.143. The van der Waals surface area contributed by atoms with E-state index >= 15 is 0 Å². The van der Waals surface area contributed by atoms with E-state index in [0.29, 0.717) is 5.92 Å². The van der Waals surface area contributed by atoms with Crippen molar-refractivity contribution >= 4 is 0 Å². The van der Waals surface area contributed by atoms with Crippen molar-refractivity contribution in [2.75, 3.05) is 0 Å². The average molecular weight is 205 g/mol. The summed E-state index contributed by atoms with van der Waals surface area (Å²) in [4.78, 5) is 0. The van der Waals surface area contributed by atoms with E-state index in [1.165, 1.54) is 18.4 Å². The fraction of sp³-hybridized carbons (Fsp3) is 0.538. The van der Waals surface area contributed by atoms with Crippen LogP contribution in [0.1, 0.15) is 49.3 Å². The number of aliphatic hydroxyl groups excluding tert-OH is 1. The molecule has 0 amide bonds. The summed E-state index contributed by atoms with van der Waals surface area (Å²) < 4.78 is 0. The van der Waals surface area contributed by atoms with Crippen molar-refractivity contribution in [3.8, 4) is 0 Å². The van der Waals surface area contributed by atoms with Gasteiger partial charge in [-0.3, -0.25) is 0 Å². The Hall–Kier alpha value is -0.860. The minimum Gasteiger partial charge on any atom is -0.387 e. The molecule has 1 fully saturated rings. The maximum absolute atomic E-state index is 10.1. The van der Waals surface area contributed by atoms with E-state index in [4.69, 9.17) is 5.73 Å². The third-order valence-electron chi connectivity index (χ3n) is 3.21. The van der Waals surface area contributed by atoms with Crippen LogP contribution < -0.4 is 5.73 Å². The predicted molar refractivity (Wildman–Crippen MR) is 61.6 cm³/mol. The van der Waals surface area contributed by atoms with Crippen molar-refractivity contribution in [3.63, 3.8) is 0 Å². The van der Waals surface area contributed by atoms with E-state index in [-0.39, 0.29) is 6.04 Å². The second-order valence-corrected chi connectivity index (χ2v) is 4.42. The molecule has 1 aromatic rings. The Balaban J connectivity index is 2.25. The molecule has 2 atom stereocenters. The Morgan fingerprint density at radius 3 is 2.67 bits per heavy atom. The number of aliphatic hydroxyl groups is 1. The lowest BCUT2D eigenvalue weighted by atomic mass is 9.94. The van der Waals surface area contributed by atoms with Crippen LogP contribution in [0.2, 0.25) is 0 Å². The smallest absolute Gasteiger partial charge is 0.0943 e. The quantitative estimate of drug-likeness (QED) is 0.792. The molecule has 82 valence electrons. The van der Waals surface area contributed by atoms with Crippen LogP contribution in [-0.4, -0.2) is 11.1 Å². The lowest BCUT2D eigenvalue weighted by Gasteiger charge is -2.20. The number of rotatable bonds is 4. The van der Waals surface area contributed by atoms with Gasteiger partial charge in [-0.05, 0) is 36.3 Å². The average Bonchev–Trinajstić information content (AvgIpc) is 3.11. The van der Waals surface area contributed by atoms with Gasteiger partial charge in [0.25, 0.3) is 0 Å². The molecule has 1 aliphatic carbocycles. The molecule has 1 aromatic carbocycles. The Bertz CT molecular complexity index is 333. The van der Waals surface area contributed by atoms with Gasteiger partial charge in [0.1, 0.15) is 0 Å². The first-order chi connectivity index (χ1) is 7.24. The molecule has 3 N–H and O–H groups in total. The number of nitrogens with two attached hydrogens (primary N) is 1. The molecule has 0 bridgehead atoms. The summed E-state index contributed by atoms with van der Waals surface area (Å²) in [6, 6.07) is 8.01. The van der Waals surface area contributed by atoms with Crippen LogP contribution in [-0.2, 0) is 0 Å². The zero-order valence-electron chi connectivity index (χ0n) is 9.19. The Kier molecular flexibility index (Phi) is 3.08. The third kappa shape index (κ3) is 2.21. The maximum atomic E-state index is 10.1. The molecule has 0 saturated heterocycles. The second kappa shape index (κ2) is 4.33. The van der Waals surface area contributed by atoms with Gasteiger partial charge in [-0.15, -0.1) is 0 Å². The molecular formula is C13H19NO. The molecule has 1 saturated carbocycles. The highest BCUT2D eigenvalue weighted by atomic mass is 16.3. The highest BCUT2D eigenvalue weighted by Gasteiger charge is 2.28. The van der Waals surface area contributed by atoms with E-state index < -0.39 is 6.10 Å². The van der Waals surface area contributed by atoms with Crippen molar-refractivity contribution in [2.24, 2.45) is 5.73 Å². The van der Waals surface area contributed by atoms with E-state index in [9.17, 15) is 5.11 Å². The number of hydrogen-bond acceptors (Lipinski definition) is 2. The highest BCUT2D eigenvalue weighted by molar-refractivity contribution is 5.35. The van der Waals surface area contributed by atoms with E-state index in [0.717, 1.165) is 12.0 Å². The first kappa shape index (κ1) is 10.7.